The van der Waals surface area contributed by atoms with Gasteiger partial charge in [-0.3, -0.25) is 0 Å². The van der Waals surface area contributed by atoms with Crippen molar-refractivity contribution in [2.45, 2.75) is 52.6 Å². The first-order valence-corrected chi connectivity index (χ1v) is 12.5. The summed E-state index contributed by atoms with van der Waals surface area (Å²) < 4.78 is 7.23. The van der Waals surface area contributed by atoms with E-state index in [1.54, 1.807) is 0 Å². The Bertz CT molecular complexity index is 1270. The van der Waals surface area contributed by atoms with Gasteiger partial charge in [0.05, 0.1) is 18.8 Å². The highest BCUT2D eigenvalue weighted by atomic mass is 35.5. The van der Waals surface area contributed by atoms with E-state index in [9.17, 15) is 4.79 Å². The second-order valence-corrected chi connectivity index (χ2v) is 8.78. The maximum Gasteiger partial charge on any atom is 0.407 e. The molecule has 1 amide bonds. The second kappa shape index (κ2) is 12.3. The van der Waals surface area contributed by atoms with E-state index in [1.807, 2.05) is 31.2 Å². The highest BCUT2D eigenvalue weighted by Gasteiger charge is 2.17. The summed E-state index contributed by atoms with van der Waals surface area (Å²) in [7, 11) is 0. The number of carbonyl (C=O) groups excluding carboxylic acids is 1. The van der Waals surface area contributed by atoms with Crippen LogP contribution in [0, 0.1) is 0 Å². The molecule has 0 spiro atoms. The average molecular weight is 508 g/mol. The van der Waals surface area contributed by atoms with E-state index in [0.29, 0.717) is 24.1 Å². The summed E-state index contributed by atoms with van der Waals surface area (Å²) >= 11 is 6.51. The molecule has 0 fully saturated rings. The first-order chi connectivity index (χ1) is 17.6. The van der Waals surface area contributed by atoms with Crippen molar-refractivity contribution in [1.82, 2.24) is 35.5 Å². The summed E-state index contributed by atoms with van der Waals surface area (Å²) in [6.45, 7) is 5.31. The summed E-state index contributed by atoms with van der Waals surface area (Å²) in [6.07, 6.45) is 3.18. The van der Waals surface area contributed by atoms with Crippen molar-refractivity contribution in [3.63, 3.8) is 0 Å². The molecular formula is C26H30ClN7O2. The van der Waals surface area contributed by atoms with E-state index in [4.69, 9.17) is 16.3 Å². The first kappa shape index (κ1) is 25.4. The number of aromatic amines is 1. The van der Waals surface area contributed by atoms with E-state index in [2.05, 4.69) is 66.7 Å². The van der Waals surface area contributed by atoms with Crippen LogP contribution in [-0.2, 0) is 24.2 Å². The molecule has 0 aliphatic heterocycles. The number of amides is 1. The van der Waals surface area contributed by atoms with Gasteiger partial charge in [-0.05, 0) is 34.7 Å². The van der Waals surface area contributed by atoms with E-state index in [1.165, 1.54) is 0 Å². The van der Waals surface area contributed by atoms with Crippen LogP contribution in [0.5, 0.6) is 0 Å². The third-order valence-electron chi connectivity index (χ3n) is 5.81. The molecule has 2 heterocycles. The molecule has 10 heteroatoms. The Morgan fingerprint density at radius 2 is 1.86 bits per heavy atom. The van der Waals surface area contributed by atoms with Gasteiger partial charge in [-0.15, -0.1) is 10.2 Å². The Labute approximate surface area is 215 Å². The first-order valence-electron chi connectivity index (χ1n) is 12.2. The normalized spacial score (nSPS) is 11.0. The Morgan fingerprint density at radius 3 is 2.56 bits per heavy atom. The Kier molecular flexibility index (Phi) is 8.67. The predicted molar refractivity (Wildman–Crippen MR) is 138 cm³/mol. The smallest absolute Gasteiger partial charge is 0.407 e. The van der Waals surface area contributed by atoms with Crippen LogP contribution in [0.15, 0.2) is 48.5 Å². The maximum absolute atomic E-state index is 12.0. The highest BCUT2D eigenvalue weighted by Crippen LogP contribution is 2.30. The van der Waals surface area contributed by atoms with Gasteiger partial charge in [-0.25, -0.2) is 9.78 Å². The van der Waals surface area contributed by atoms with Crippen molar-refractivity contribution in [2.75, 3.05) is 6.61 Å². The number of carbonyl (C=O) groups is 1. The van der Waals surface area contributed by atoms with Crippen molar-refractivity contribution in [3.8, 4) is 22.5 Å². The van der Waals surface area contributed by atoms with E-state index >= 15 is 0 Å². The van der Waals surface area contributed by atoms with Crippen molar-refractivity contribution < 1.29 is 9.53 Å². The van der Waals surface area contributed by atoms with Gasteiger partial charge in [0.1, 0.15) is 5.82 Å². The zero-order valence-electron chi connectivity index (χ0n) is 20.5. The van der Waals surface area contributed by atoms with Crippen LogP contribution < -0.4 is 5.32 Å². The molecule has 188 valence electrons. The summed E-state index contributed by atoms with van der Waals surface area (Å²) in [5, 5.41) is 17.7. The Morgan fingerprint density at radius 1 is 1.08 bits per heavy atom. The monoisotopic (exact) mass is 507 g/mol. The van der Waals surface area contributed by atoms with Gasteiger partial charge in [-0.1, -0.05) is 80.4 Å². The SMILES string of the molecule is CCCCc1nc(Cl)c(CNC(=O)OCCC)n1Cc1ccc(-c2ccccc2-c2nn[nH]n2)cc1. The molecule has 4 aromatic rings. The third kappa shape index (κ3) is 6.09. The second-order valence-electron chi connectivity index (χ2n) is 8.42. The lowest BCUT2D eigenvalue weighted by Gasteiger charge is -2.14. The van der Waals surface area contributed by atoms with Crippen molar-refractivity contribution >= 4 is 17.7 Å². The molecule has 9 nitrogen and oxygen atoms in total. The Balaban J connectivity index is 1.57. The molecule has 0 bridgehead atoms. The van der Waals surface area contributed by atoms with E-state index < -0.39 is 6.09 Å². The number of unbranched alkanes of at least 4 members (excludes halogenated alkanes) is 1. The van der Waals surface area contributed by atoms with Gasteiger partial charge in [0.2, 0.25) is 5.82 Å². The summed E-state index contributed by atoms with van der Waals surface area (Å²) in [5.41, 5.74) is 4.84. The number of alkyl carbamates (subject to hydrolysis) is 1. The molecule has 0 saturated carbocycles. The standard InChI is InChI=1S/C26H30ClN7O2/c1-3-5-10-23-29-24(27)22(16-28-26(35)36-15-4-2)34(23)17-18-11-13-19(14-12-18)20-8-6-7-9-21(20)25-30-32-33-31-25/h6-9,11-14H,3-5,10,15-17H2,1-2H3,(H,28,35)(H,30,31,32,33). The summed E-state index contributed by atoms with van der Waals surface area (Å²) in [6, 6.07) is 16.3. The molecule has 0 atom stereocenters. The molecular weight excluding hydrogens is 478 g/mol. The molecule has 0 saturated heterocycles. The molecule has 0 radical (unpaired) electrons. The fraction of sp³-hybridized carbons (Fsp3) is 0.346. The molecule has 0 unspecified atom stereocenters. The number of aryl methyl sites for hydroxylation is 1. The highest BCUT2D eigenvalue weighted by molar-refractivity contribution is 6.30. The fourth-order valence-corrected chi connectivity index (χ4v) is 4.23. The minimum Gasteiger partial charge on any atom is -0.450 e. The lowest BCUT2D eigenvalue weighted by atomic mass is 9.98. The van der Waals surface area contributed by atoms with Crippen LogP contribution in [0.1, 0.15) is 50.2 Å². The third-order valence-corrected chi connectivity index (χ3v) is 6.12. The van der Waals surface area contributed by atoms with Crippen LogP contribution >= 0.6 is 11.6 Å². The van der Waals surface area contributed by atoms with Crippen LogP contribution in [0.25, 0.3) is 22.5 Å². The Hall–Kier alpha value is -3.72. The molecule has 4 rings (SSSR count). The van der Waals surface area contributed by atoms with E-state index in [0.717, 1.165) is 59.5 Å². The predicted octanol–water partition coefficient (Wildman–Crippen LogP) is 5.41. The topological polar surface area (TPSA) is 111 Å². The number of nitrogens with one attached hydrogen (secondary N) is 2. The minimum atomic E-state index is -0.458. The molecule has 2 aromatic heterocycles. The van der Waals surface area contributed by atoms with Crippen molar-refractivity contribution in [1.29, 1.82) is 0 Å². The maximum atomic E-state index is 12.0. The number of hydrogen-bond donors (Lipinski definition) is 2. The zero-order valence-corrected chi connectivity index (χ0v) is 21.3. The quantitative estimate of drug-likeness (QED) is 0.281. The number of hydrogen-bond acceptors (Lipinski definition) is 6. The van der Waals surface area contributed by atoms with Gasteiger partial charge in [0.25, 0.3) is 0 Å². The van der Waals surface area contributed by atoms with Gasteiger partial charge >= 0.3 is 6.09 Å². The molecule has 2 N–H and O–H groups in total. The van der Waals surface area contributed by atoms with Gasteiger partial charge in [0, 0.05) is 18.5 Å². The molecule has 0 aliphatic carbocycles. The summed E-state index contributed by atoms with van der Waals surface area (Å²) in [5.74, 6) is 1.46. The zero-order chi connectivity index (χ0) is 25.3. The van der Waals surface area contributed by atoms with Gasteiger partial charge < -0.3 is 14.6 Å². The number of H-pyrrole nitrogens is 1. The summed E-state index contributed by atoms with van der Waals surface area (Å²) in [4.78, 5) is 16.6. The average Bonchev–Trinajstić information content (AvgIpc) is 3.54. The van der Waals surface area contributed by atoms with Gasteiger partial charge in [0.15, 0.2) is 5.15 Å². The number of imidazole rings is 1. The fourth-order valence-electron chi connectivity index (χ4n) is 3.97. The number of ether oxygens (including phenoxy) is 1. The largest absolute Gasteiger partial charge is 0.450 e. The van der Waals surface area contributed by atoms with Crippen molar-refractivity contribution in [2.24, 2.45) is 0 Å². The van der Waals surface area contributed by atoms with Crippen LogP contribution in [-0.4, -0.2) is 42.9 Å². The van der Waals surface area contributed by atoms with Crippen LogP contribution in [0.4, 0.5) is 4.79 Å². The molecule has 0 aliphatic rings. The molecule has 36 heavy (non-hydrogen) atoms. The number of nitrogens with zero attached hydrogens (tertiary/aromatic N) is 5. The van der Waals surface area contributed by atoms with E-state index in [-0.39, 0.29) is 6.54 Å². The van der Waals surface area contributed by atoms with Crippen molar-refractivity contribution in [3.05, 3.63) is 70.8 Å². The number of benzene rings is 2. The lowest BCUT2D eigenvalue weighted by molar-refractivity contribution is 0.145. The molecule has 2 aromatic carbocycles. The van der Waals surface area contributed by atoms with Crippen LogP contribution in [0.2, 0.25) is 5.15 Å². The van der Waals surface area contributed by atoms with Gasteiger partial charge in [-0.2, -0.15) is 5.21 Å². The number of rotatable bonds is 11. The number of halogens is 1. The minimum absolute atomic E-state index is 0.247. The lowest BCUT2D eigenvalue weighted by Crippen LogP contribution is -2.26. The number of tetrazole rings is 1. The van der Waals surface area contributed by atoms with Crippen LogP contribution in [0.3, 0.4) is 0 Å². The number of aromatic nitrogens is 6.